The monoisotopic (exact) mass is 359 g/mol. The van der Waals surface area contributed by atoms with E-state index in [9.17, 15) is 5.11 Å². The molecule has 0 bridgehead atoms. The first-order valence-electron chi connectivity index (χ1n) is 8.33. The lowest BCUT2D eigenvalue weighted by molar-refractivity contribution is 0.200. The predicted octanol–water partition coefficient (Wildman–Crippen LogP) is 1.69. The van der Waals surface area contributed by atoms with Crippen LogP contribution in [0.4, 0.5) is 5.13 Å². The smallest absolute Gasteiger partial charge is 0.208 e. The molecule has 1 atom stereocenters. The third-order valence-electron chi connectivity index (χ3n) is 4.39. The number of rotatable bonds is 4. The summed E-state index contributed by atoms with van der Waals surface area (Å²) in [5.41, 5.74) is 1.70. The molecule has 4 heterocycles. The molecule has 9 heteroatoms. The number of hydrogen-bond acceptors (Lipinski definition) is 7. The van der Waals surface area contributed by atoms with Crippen molar-refractivity contribution >= 4 is 16.5 Å². The molecule has 0 unspecified atom stereocenters. The number of aliphatic hydroxyl groups excluding tert-OH is 1. The molecule has 0 aliphatic carbocycles. The van der Waals surface area contributed by atoms with Crippen molar-refractivity contribution in [3.63, 3.8) is 0 Å². The summed E-state index contributed by atoms with van der Waals surface area (Å²) >= 11 is 1.65. The second-order valence-corrected chi connectivity index (χ2v) is 7.57. The molecule has 4 rings (SSSR count). The highest BCUT2D eigenvalue weighted by atomic mass is 32.1. The van der Waals surface area contributed by atoms with Crippen LogP contribution in [-0.2, 0) is 20.1 Å². The SMILES string of the molecule is CC(C)c1nnc(N2CCn3nc([C@H](O)c4nccn4C)cc3C2)s1. The first-order chi connectivity index (χ1) is 12.0. The summed E-state index contributed by atoms with van der Waals surface area (Å²) in [4.78, 5) is 6.44. The Kier molecular flexibility index (Phi) is 4.04. The van der Waals surface area contributed by atoms with Gasteiger partial charge in [0.25, 0.3) is 0 Å². The molecule has 3 aromatic heterocycles. The number of aryl methyl sites for hydroxylation is 1. The second kappa shape index (κ2) is 6.23. The van der Waals surface area contributed by atoms with Crippen molar-refractivity contribution in [2.24, 2.45) is 7.05 Å². The topological polar surface area (TPSA) is 84.9 Å². The summed E-state index contributed by atoms with van der Waals surface area (Å²) in [6.07, 6.45) is 2.68. The van der Waals surface area contributed by atoms with E-state index in [0.29, 0.717) is 24.0 Å². The Balaban J connectivity index is 1.55. The van der Waals surface area contributed by atoms with Gasteiger partial charge in [-0.1, -0.05) is 25.2 Å². The fourth-order valence-corrected chi connectivity index (χ4v) is 3.82. The van der Waals surface area contributed by atoms with E-state index in [1.54, 1.807) is 17.5 Å². The van der Waals surface area contributed by atoms with Crippen LogP contribution in [0.3, 0.4) is 0 Å². The number of aromatic nitrogens is 6. The maximum absolute atomic E-state index is 10.6. The van der Waals surface area contributed by atoms with Crippen LogP contribution in [-0.4, -0.2) is 41.2 Å². The number of nitrogens with zero attached hydrogens (tertiary/aromatic N) is 7. The van der Waals surface area contributed by atoms with E-state index in [1.165, 1.54) is 0 Å². The normalized spacial score (nSPS) is 15.6. The Labute approximate surface area is 149 Å². The quantitative estimate of drug-likeness (QED) is 0.763. The predicted molar refractivity (Wildman–Crippen MR) is 94.5 cm³/mol. The molecule has 0 saturated carbocycles. The van der Waals surface area contributed by atoms with Crippen molar-refractivity contribution in [1.82, 2.24) is 29.5 Å². The van der Waals surface area contributed by atoms with Crippen LogP contribution in [0.2, 0.25) is 0 Å². The van der Waals surface area contributed by atoms with E-state index in [2.05, 4.69) is 39.0 Å². The minimum Gasteiger partial charge on any atom is -0.379 e. The summed E-state index contributed by atoms with van der Waals surface area (Å²) in [6, 6.07) is 1.95. The molecule has 0 amide bonds. The first kappa shape index (κ1) is 16.2. The van der Waals surface area contributed by atoms with Crippen LogP contribution < -0.4 is 4.90 Å². The van der Waals surface area contributed by atoms with Gasteiger partial charge < -0.3 is 14.6 Å². The van der Waals surface area contributed by atoms with E-state index in [1.807, 2.05) is 28.6 Å². The third-order valence-corrected chi connectivity index (χ3v) is 5.68. The molecule has 3 aromatic rings. The van der Waals surface area contributed by atoms with Crippen molar-refractivity contribution in [3.8, 4) is 0 Å². The summed E-state index contributed by atoms with van der Waals surface area (Å²) in [5.74, 6) is 0.985. The van der Waals surface area contributed by atoms with Crippen LogP contribution in [0.25, 0.3) is 0 Å². The zero-order chi connectivity index (χ0) is 17.6. The van der Waals surface area contributed by atoms with Crippen LogP contribution in [0, 0.1) is 0 Å². The summed E-state index contributed by atoms with van der Waals surface area (Å²) in [5, 5.41) is 25.7. The highest BCUT2D eigenvalue weighted by Crippen LogP contribution is 2.29. The molecule has 0 spiro atoms. The molecule has 8 nitrogen and oxygen atoms in total. The fourth-order valence-electron chi connectivity index (χ4n) is 2.95. The fraction of sp³-hybridized carbons (Fsp3) is 0.500. The summed E-state index contributed by atoms with van der Waals surface area (Å²) < 4.78 is 3.77. The number of aliphatic hydroxyl groups is 1. The van der Waals surface area contributed by atoms with Crippen LogP contribution in [0.5, 0.6) is 0 Å². The molecule has 1 N–H and O–H groups in total. The lowest BCUT2D eigenvalue weighted by atomic mass is 10.2. The zero-order valence-corrected chi connectivity index (χ0v) is 15.3. The first-order valence-corrected chi connectivity index (χ1v) is 9.15. The van der Waals surface area contributed by atoms with Crippen molar-refractivity contribution in [2.45, 2.75) is 39.0 Å². The summed E-state index contributed by atoms with van der Waals surface area (Å²) in [7, 11) is 1.87. The number of anilines is 1. The second-order valence-electron chi connectivity index (χ2n) is 6.58. The standard InChI is InChI=1S/C16H21N7OS/c1-10(2)15-18-19-16(25-15)22-6-7-23-11(9-22)8-12(20-23)13(24)14-17-4-5-21(14)3/h4-5,8,10,13,24H,6-7,9H2,1-3H3/t13-/m0/s1. The average molecular weight is 359 g/mol. The molecule has 1 aliphatic heterocycles. The maximum Gasteiger partial charge on any atom is 0.208 e. The van der Waals surface area contributed by atoms with Crippen molar-refractivity contribution in [1.29, 1.82) is 0 Å². The van der Waals surface area contributed by atoms with E-state index >= 15 is 0 Å². The van der Waals surface area contributed by atoms with Gasteiger partial charge in [-0.3, -0.25) is 4.68 Å². The van der Waals surface area contributed by atoms with Gasteiger partial charge in [-0.05, 0) is 6.07 Å². The Morgan fingerprint density at radius 3 is 2.76 bits per heavy atom. The zero-order valence-electron chi connectivity index (χ0n) is 14.5. The Morgan fingerprint density at radius 1 is 1.24 bits per heavy atom. The molecule has 25 heavy (non-hydrogen) atoms. The van der Waals surface area contributed by atoms with Gasteiger partial charge in [0, 0.05) is 31.9 Å². The van der Waals surface area contributed by atoms with Gasteiger partial charge in [0.05, 0.1) is 24.5 Å². The highest BCUT2D eigenvalue weighted by Gasteiger charge is 2.25. The molecule has 0 fully saturated rings. The molecule has 132 valence electrons. The van der Waals surface area contributed by atoms with Gasteiger partial charge in [-0.25, -0.2) is 4.98 Å². The van der Waals surface area contributed by atoms with Gasteiger partial charge in [0.1, 0.15) is 10.8 Å². The van der Waals surface area contributed by atoms with Gasteiger partial charge >= 0.3 is 0 Å². The molecule has 0 radical (unpaired) electrons. The highest BCUT2D eigenvalue weighted by molar-refractivity contribution is 7.15. The van der Waals surface area contributed by atoms with Crippen molar-refractivity contribution < 1.29 is 5.11 Å². The minimum absolute atomic E-state index is 0.390. The lowest BCUT2D eigenvalue weighted by Gasteiger charge is -2.26. The number of hydrogen-bond donors (Lipinski definition) is 1. The average Bonchev–Trinajstić information content (AvgIpc) is 3.32. The number of imidazole rings is 1. The number of fused-ring (bicyclic) bond motifs is 1. The van der Waals surface area contributed by atoms with Crippen LogP contribution in [0.1, 0.15) is 48.1 Å². The molecule has 0 saturated heterocycles. The van der Waals surface area contributed by atoms with E-state index in [4.69, 9.17) is 0 Å². The van der Waals surface area contributed by atoms with Gasteiger partial charge in [0.2, 0.25) is 5.13 Å². The molecular formula is C16H21N7OS. The molecular weight excluding hydrogens is 338 g/mol. The third kappa shape index (κ3) is 2.93. The maximum atomic E-state index is 10.6. The van der Waals surface area contributed by atoms with Crippen LogP contribution >= 0.6 is 11.3 Å². The van der Waals surface area contributed by atoms with E-state index in [-0.39, 0.29) is 0 Å². The van der Waals surface area contributed by atoms with Gasteiger partial charge in [-0.2, -0.15) is 5.10 Å². The Morgan fingerprint density at radius 2 is 2.08 bits per heavy atom. The van der Waals surface area contributed by atoms with Gasteiger partial charge in [-0.15, -0.1) is 10.2 Å². The molecule has 0 aromatic carbocycles. The minimum atomic E-state index is -0.819. The van der Waals surface area contributed by atoms with E-state index < -0.39 is 6.10 Å². The van der Waals surface area contributed by atoms with Crippen molar-refractivity contribution in [2.75, 3.05) is 11.4 Å². The van der Waals surface area contributed by atoms with Crippen LogP contribution in [0.15, 0.2) is 18.5 Å². The van der Waals surface area contributed by atoms with E-state index in [0.717, 1.165) is 28.9 Å². The van der Waals surface area contributed by atoms with Gasteiger partial charge in [0.15, 0.2) is 6.10 Å². The molecule has 1 aliphatic rings. The summed E-state index contributed by atoms with van der Waals surface area (Å²) in [6.45, 7) is 6.56. The van der Waals surface area contributed by atoms with Crippen molar-refractivity contribution in [3.05, 3.63) is 40.7 Å². The lowest BCUT2D eigenvalue weighted by Crippen LogP contribution is -2.33. The largest absolute Gasteiger partial charge is 0.379 e. The Hall–Kier alpha value is -2.26. The Bertz CT molecular complexity index is 881.